The summed E-state index contributed by atoms with van der Waals surface area (Å²) in [5.74, 6) is -1.45. The highest BCUT2D eigenvalue weighted by Gasteiger charge is 2.50. The monoisotopic (exact) mass is 1030 g/mol. The van der Waals surface area contributed by atoms with E-state index in [0.29, 0.717) is 10.7 Å². The lowest BCUT2D eigenvalue weighted by Crippen LogP contribution is -2.35. The number of fused-ring (bicyclic) bond motifs is 2. The van der Waals surface area contributed by atoms with Gasteiger partial charge in [0.15, 0.2) is 11.5 Å². The molecular formula is C46H54ClF10N7O2S2. The van der Waals surface area contributed by atoms with Gasteiger partial charge >= 0.3 is 12.4 Å². The van der Waals surface area contributed by atoms with E-state index < -0.39 is 107 Å². The zero-order valence-electron chi connectivity index (χ0n) is 39.1. The van der Waals surface area contributed by atoms with Gasteiger partial charge in [-0.25, -0.2) is 13.8 Å². The average Bonchev–Trinajstić information content (AvgIpc) is 3.92. The molecule has 2 unspecified atom stereocenters. The third kappa shape index (κ3) is 14.4. The van der Waals surface area contributed by atoms with E-state index in [2.05, 4.69) is 50.9 Å². The van der Waals surface area contributed by atoms with Gasteiger partial charge < -0.3 is 10.0 Å². The van der Waals surface area contributed by atoms with Crippen molar-refractivity contribution in [2.45, 2.75) is 130 Å². The largest absolute Gasteiger partial charge is 0.435 e. The zero-order chi connectivity index (χ0) is 51.5. The molecule has 5 aromatic rings. The van der Waals surface area contributed by atoms with Gasteiger partial charge in [0.05, 0.1) is 27.7 Å². The van der Waals surface area contributed by atoms with Crippen molar-refractivity contribution in [1.29, 1.82) is 0 Å². The third-order valence-electron chi connectivity index (χ3n) is 9.97. The van der Waals surface area contributed by atoms with E-state index in [1.807, 2.05) is 27.7 Å². The summed E-state index contributed by atoms with van der Waals surface area (Å²) < 4.78 is 158. The van der Waals surface area contributed by atoms with Crippen molar-refractivity contribution in [3.63, 3.8) is 0 Å². The number of benzene rings is 2. The summed E-state index contributed by atoms with van der Waals surface area (Å²) in [5.41, 5.74) is -3.90. The Morgan fingerprint density at radius 3 is 2.09 bits per heavy atom. The van der Waals surface area contributed by atoms with Crippen molar-refractivity contribution >= 4 is 57.0 Å². The normalized spacial score (nSPS) is 13.9. The van der Waals surface area contributed by atoms with E-state index in [-0.39, 0.29) is 54.5 Å². The third-order valence-corrected chi connectivity index (χ3v) is 12.2. The number of aromatic nitrogens is 5. The predicted octanol–water partition coefficient (Wildman–Crippen LogP) is 13.0. The molecule has 2 aromatic carbocycles. The second-order valence-corrected chi connectivity index (χ2v) is 18.2. The van der Waals surface area contributed by atoms with Crippen molar-refractivity contribution in [1.82, 2.24) is 29.9 Å². The van der Waals surface area contributed by atoms with Gasteiger partial charge in [0.1, 0.15) is 40.9 Å². The number of hydrogen-bond acceptors (Lipinski definition) is 7. The van der Waals surface area contributed by atoms with Crippen LogP contribution >= 0.6 is 23.5 Å². The number of nitrogens with one attached hydrogen (secondary N) is 2. The lowest BCUT2D eigenvalue weighted by molar-refractivity contribution is -0.142. The number of carbonyl (C=O) groups excluding carboxylic acids is 1. The molecule has 0 saturated heterocycles. The number of anilines is 1. The van der Waals surface area contributed by atoms with Crippen molar-refractivity contribution in [2.75, 3.05) is 17.2 Å². The van der Waals surface area contributed by atoms with Crippen LogP contribution in [0.5, 0.6) is 0 Å². The second-order valence-electron chi connectivity index (χ2n) is 15.2. The first-order chi connectivity index (χ1) is 31.8. The summed E-state index contributed by atoms with van der Waals surface area (Å²) in [4.78, 5) is 18.5. The van der Waals surface area contributed by atoms with Crippen LogP contribution in [0.2, 0.25) is 5.02 Å². The quantitative estimate of drug-likeness (QED) is 0.0728. The fourth-order valence-electron chi connectivity index (χ4n) is 6.72. The number of rotatable bonds is 12. The van der Waals surface area contributed by atoms with Gasteiger partial charge in [0.25, 0.3) is 5.92 Å². The number of unbranched alkanes of at least 4 members (excludes halogenated alkanes) is 1. The number of alkyl halides is 8. The van der Waals surface area contributed by atoms with Crippen molar-refractivity contribution in [3.8, 4) is 23.0 Å². The summed E-state index contributed by atoms with van der Waals surface area (Å²) in [5, 5.41) is 10.0. The molecule has 1 aliphatic rings. The number of amides is 1. The maximum Gasteiger partial charge on any atom is 0.435 e. The molecule has 374 valence electrons. The number of halogens is 11. The zero-order valence-corrected chi connectivity index (χ0v) is 41.5. The Morgan fingerprint density at radius 2 is 1.54 bits per heavy atom. The standard InChI is InChI=1S/C38H32ClF10N7O2S2.C4H10.2C2H6/c1-35(2,60(4)58)11-9-22-5-6-23(24-7-8-26(39)29-31(24)56(18-37(44,45)46)53-34(29)54-59-3)30(50-22)27(15-19-13-20(40)16-21(41)14-19)51-28(57)17-55-33-25(10-12-36(33,42)43)32(52-55)38(47,48)49;1-3-4-2;2*1-2/h5-8,13-14,16,27H,10,12,15,17-18H2,1-4H3,(H,51,57)(H,53,54);3-4H2,1-2H3;2*1-2H3. The second kappa shape index (κ2) is 24.2. The van der Waals surface area contributed by atoms with Crippen LogP contribution < -0.4 is 10.0 Å². The van der Waals surface area contributed by atoms with Gasteiger partial charge in [-0.05, 0) is 68.5 Å². The van der Waals surface area contributed by atoms with Crippen LogP contribution in [0.4, 0.5) is 49.7 Å². The fraction of sp³-hybridized carbons (Fsp3) is 0.478. The molecule has 3 heterocycles. The minimum absolute atomic E-state index is 0.00705. The summed E-state index contributed by atoms with van der Waals surface area (Å²) in [6.07, 6.45) is -6.42. The summed E-state index contributed by atoms with van der Waals surface area (Å²) >= 11 is 7.56. The van der Waals surface area contributed by atoms with E-state index in [1.54, 1.807) is 20.1 Å². The first kappa shape index (κ1) is 57.5. The van der Waals surface area contributed by atoms with Gasteiger partial charge in [-0.2, -0.15) is 45.3 Å². The van der Waals surface area contributed by atoms with E-state index in [4.69, 9.17) is 11.6 Å². The molecular weight excluding hydrogens is 972 g/mol. The molecule has 9 nitrogen and oxygen atoms in total. The molecule has 0 spiro atoms. The SMILES string of the molecule is CC.CC.CCCC.CSNc1nn(CC(F)(F)F)c2c(-c3ccc(C#CC(C)(C)S(C)=O)nc3C(Cc3cc(F)cc(F)c3)NC(=O)Cn3nc(C(F)(F)F)c4c3C(F)(F)CC4)ccc(Cl)c12. The average molecular weight is 1030 g/mol. The number of carbonyl (C=O) groups is 1. The Hall–Kier alpha value is -4.81. The van der Waals surface area contributed by atoms with Crippen LogP contribution in [-0.2, 0) is 53.6 Å². The highest BCUT2D eigenvalue weighted by molar-refractivity contribution is 7.99. The first-order valence-corrected chi connectivity index (χ1v) is 24.7. The predicted molar refractivity (Wildman–Crippen MR) is 250 cm³/mol. The number of nitrogens with zero attached hydrogens (tertiary/aromatic N) is 5. The Morgan fingerprint density at radius 1 is 0.941 bits per heavy atom. The summed E-state index contributed by atoms with van der Waals surface area (Å²) in [7, 11) is -1.48. The Balaban J connectivity index is 0.00000144. The molecule has 3 aromatic heterocycles. The van der Waals surface area contributed by atoms with Gasteiger partial charge in [0.2, 0.25) is 5.91 Å². The molecule has 2 N–H and O–H groups in total. The van der Waals surface area contributed by atoms with Crippen LogP contribution in [0.25, 0.3) is 22.0 Å². The van der Waals surface area contributed by atoms with Crippen LogP contribution in [0.3, 0.4) is 0 Å². The van der Waals surface area contributed by atoms with E-state index in [1.165, 1.54) is 43.4 Å². The topological polar surface area (TPSA) is 107 Å². The maximum absolute atomic E-state index is 15.0. The molecule has 22 heteroatoms. The Labute approximate surface area is 401 Å². The van der Waals surface area contributed by atoms with Crippen molar-refractivity contribution in [3.05, 3.63) is 93.0 Å². The number of hydrogen-bond donors (Lipinski definition) is 2. The fourth-order valence-corrected chi connectivity index (χ4v) is 7.49. The first-order valence-electron chi connectivity index (χ1n) is 21.5. The molecule has 2 atom stereocenters. The van der Waals surface area contributed by atoms with E-state index in [9.17, 15) is 44.1 Å². The summed E-state index contributed by atoms with van der Waals surface area (Å²) in [6.45, 7) is 12.8. The van der Waals surface area contributed by atoms with Crippen LogP contribution in [-0.4, -0.2) is 58.1 Å². The minimum atomic E-state index is -5.14. The van der Waals surface area contributed by atoms with Crippen LogP contribution in [0, 0.1) is 23.5 Å². The molecule has 0 fully saturated rings. The molecule has 0 bridgehead atoms. The van der Waals surface area contributed by atoms with E-state index in [0.717, 1.165) is 24.1 Å². The van der Waals surface area contributed by atoms with Crippen molar-refractivity contribution in [2.24, 2.45) is 0 Å². The van der Waals surface area contributed by atoms with Gasteiger partial charge in [-0.1, -0.05) is 89.9 Å². The van der Waals surface area contributed by atoms with Crippen LogP contribution in [0.1, 0.15) is 115 Å². The van der Waals surface area contributed by atoms with Crippen molar-refractivity contribution < 1.29 is 52.9 Å². The highest BCUT2D eigenvalue weighted by atomic mass is 35.5. The molecule has 0 saturated carbocycles. The van der Waals surface area contributed by atoms with Gasteiger partial charge in [-0.15, -0.1) is 0 Å². The van der Waals surface area contributed by atoms with Gasteiger partial charge in [0, 0.05) is 52.5 Å². The van der Waals surface area contributed by atoms with Gasteiger partial charge in [-0.3, -0.25) is 18.4 Å². The maximum atomic E-state index is 15.0. The van der Waals surface area contributed by atoms with Crippen LogP contribution in [0.15, 0.2) is 42.5 Å². The molecule has 68 heavy (non-hydrogen) atoms. The molecule has 6 rings (SSSR count). The molecule has 1 amide bonds. The molecule has 0 aliphatic heterocycles. The lowest BCUT2D eigenvalue weighted by Gasteiger charge is -2.23. The smallest absolute Gasteiger partial charge is 0.346 e. The number of pyridine rings is 1. The molecule has 1 aliphatic carbocycles. The lowest BCUT2D eigenvalue weighted by atomic mass is 9.93. The minimum Gasteiger partial charge on any atom is -0.346 e. The Kier molecular flexibility index (Phi) is 20.4. The molecule has 0 radical (unpaired) electrons. The summed E-state index contributed by atoms with van der Waals surface area (Å²) in [6, 6.07) is 6.35. The Bertz CT molecular complexity index is 2600. The van der Waals surface area contributed by atoms with E-state index >= 15 is 8.78 Å². The highest BCUT2D eigenvalue weighted by Crippen LogP contribution is 2.47.